The zero-order valence-electron chi connectivity index (χ0n) is 47.1. The number of hydrogen-bond acceptors (Lipinski definition) is 6. The molecule has 0 aliphatic carbocycles. The molecule has 412 valence electrons. The molecule has 0 aromatic rings. The van der Waals surface area contributed by atoms with E-state index in [9.17, 15) is 14.4 Å². The van der Waals surface area contributed by atoms with Gasteiger partial charge in [0, 0.05) is 19.3 Å². The predicted molar refractivity (Wildman–Crippen MR) is 316 cm³/mol. The summed E-state index contributed by atoms with van der Waals surface area (Å²) in [7, 11) is 0. The van der Waals surface area contributed by atoms with Crippen molar-refractivity contribution in [1.29, 1.82) is 0 Å². The van der Waals surface area contributed by atoms with Crippen LogP contribution in [0.4, 0.5) is 0 Å². The van der Waals surface area contributed by atoms with Crippen LogP contribution < -0.4 is 0 Å². The van der Waals surface area contributed by atoms with Crippen molar-refractivity contribution in [1.82, 2.24) is 0 Å². The number of ether oxygens (including phenoxy) is 3. The summed E-state index contributed by atoms with van der Waals surface area (Å²) >= 11 is 0. The zero-order valence-corrected chi connectivity index (χ0v) is 47.1. The van der Waals surface area contributed by atoms with Gasteiger partial charge >= 0.3 is 17.9 Å². The van der Waals surface area contributed by atoms with E-state index in [1.54, 1.807) is 0 Å². The van der Waals surface area contributed by atoms with Gasteiger partial charge in [-0.25, -0.2) is 0 Å². The van der Waals surface area contributed by atoms with Gasteiger partial charge in [0.05, 0.1) is 0 Å². The fourth-order valence-corrected chi connectivity index (χ4v) is 7.72. The van der Waals surface area contributed by atoms with Crippen molar-refractivity contribution < 1.29 is 28.6 Å². The summed E-state index contributed by atoms with van der Waals surface area (Å²) in [5.74, 6) is -0.975. The second-order valence-corrected chi connectivity index (χ2v) is 19.1. The molecule has 0 amide bonds. The lowest BCUT2D eigenvalue weighted by molar-refractivity contribution is -0.167. The third-order valence-corrected chi connectivity index (χ3v) is 12.1. The van der Waals surface area contributed by atoms with E-state index in [0.29, 0.717) is 25.7 Å². The van der Waals surface area contributed by atoms with Crippen molar-refractivity contribution >= 4 is 17.9 Å². The lowest BCUT2D eigenvalue weighted by atomic mass is 10.1. The van der Waals surface area contributed by atoms with E-state index < -0.39 is 6.10 Å². The first-order valence-corrected chi connectivity index (χ1v) is 29.7. The number of carbonyl (C=O) groups excluding carboxylic acids is 3. The molecule has 0 saturated carbocycles. The maximum atomic E-state index is 12.9. The van der Waals surface area contributed by atoms with E-state index >= 15 is 0 Å². The van der Waals surface area contributed by atoms with Gasteiger partial charge < -0.3 is 14.2 Å². The molecule has 0 saturated heterocycles. The first kappa shape index (κ1) is 68.6. The molecule has 0 aliphatic heterocycles. The number of rotatable bonds is 52. The molecule has 0 N–H and O–H groups in total. The Balaban J connectivity index is 4.52. The molecule has 0 aromatic carbocycles. The molecule has 73 heavy (non-hydrogen) atoms. The summed E-state index contributed by atoms with van der Waals surface area (Å²) in [5, 5.41) is 0. The standard InChI is InChI=1S/C67H108O6/c1-4-7-10-13-16-19-22-25-28-30-32-33-35-36-39-42-45-48-51-54-57-60-66(69)72-63-64(62-71-65(68)59-56-53-50-47-44-41-38-27-24-21-18-15-12-9-6-3)73-67(70)61-58-55-52-49-46-43-40-37-34-31-29-26-23-20-17-14-11-8-5-2/h7-8,10-11,16-17,19-20,25-29,32-34,36-39,45,48,64H,4-6,9,12-15,18,21-24,30-31,35,40-44,46-47,49-63H2,1-3H3/b10-7-,11-8-,19-16-,20-17-,28-25-,29-26-,33-32-,37-34-,38-27-,39-36-,48-45-. The molecule has 0 aliphatic rings. The topological polar surface area (TPSA) is 78.9 Å². The van der Waals surface area contributed by atoms with Crippen molar-refractivity contribution in [3.8, 4) is 0 Å². The Morgan fingerprint density at radius 2 is 0.534 bits per heavy atom. The van der Waals surface area contributed by atoms with E-state index in [2.05, 4.69) is 154 Å². The molecule has 0 rings (SSSR count). The summed E-state index contributed by atoms with van der Waals surface area (Å²) < 4.78 is 16.8. The average molecular weight is 1010 g/mol. The number of unbranched alkanes of at least 4 members (excludes halogenated alkanes) is 19. The van der Waals surface area contributed by atoms with Gasteiger partial charge in [0.15, 0.2) is 6.10 Å². The van der Waals surface area contributed by atoms with E-state index in [4.69, 9.17) is 14.2 Å². The Bertz CT molecular complexity index is 1580. The van der Waals surface area contributed by atoms with Gasteiger partial charge in [-0.2, -0.15) is 0 Å². The number of hydrogen-bond donors (Lipinski definition) is 0. The largest absolute Gasteiger partial charge is 0.462 e. The van der Waals surface area contributed by atoms with Crippen LogP contribution in [0.3, 0.4) is 0 Å². The van der Waals surface area contributed by atoms with E-state index in [1.165, 1.54) is 64.2 Å². The lowest BCUT2D eigenvalue weighted by Gasteiger charge is -2.18. The molecule has 0 fully saturated rings. The summed E-state index contributed by atoms with van der Waals surface area (Å²) in [6.45, 7) is 6.35. The maximum Gasteiger partial charge on any atom is 0.306 e. The van der Waals surface area contributed by atoms with Crippen molar-refractivity contribution in [2.75, 3.05) is 13.2 Å². The maximum absolute atomic E-state index is 12.9. The molecule has 0 bridgehead atoms. The molecule has 0 aromatic heterocycles. The normalized spacial score (nSPS) is 13.1. The fourth-order valence-electron chi connectivity index (χ4n) is 7.72. The van der Waals surface area contributed by atoms with Gasteiger partial charge in [0.25, 0.3) is 0 Å². The van der Waals surface area contributed by atoms with Crippen LogP contribution in [-0.4, -0.2) is 37.2 Å². The van der Waals surface area contributed by atoms with E-state index in [1.807, 2.05) is 0 Å². The molecule has 0 radical (unpaired) electrons. The summed E-state index contributed by atoms with van der Waals surface area (Å²) in [6, 6.07) is 0. The Morgan fingerprint density at radius 3 is 0.877 bits per heavy atom. The van der Waals surface area contributed by atoms with Crippen LogP contribution in [0.25, 0.3) is 0 Å². The second kappa shape index (κ2) is 60.1. The average Bonchev–Trinajstić information content (AvgIpc) is 3.39. The van der Waals surface area contributed by atoms with Crippen LogP contribution in [0.5, 0.6) is 0 Å². The first-order valence-electron chi connectivity index (χ1n) is 29.7. The highest BCUT2D eigenvalue weighted by Crippen LogP contribution is 2.14. The predicted octanol–water partition coefficient (Wildman–Crippen LogP) is 20.2. The van der Waals surface area contributed by atoms with Crippen LogP contribution in [-0.2, 0) is 28.6 Å². The van der Waals surface area contributed by atoms with Crippen molar-refractivity contribution in [2.45, 2.75) is 258 Å². The molecule has 0 spiro atoms. The van der Waals surface area contributed by atoms with E-state index in [-0.39, 0.29) is 31.1 Å². The molecule has 6 heteroatoms. The quantitative estimate of drug-likeness (QED) is 0.0261. The minimum atomic E-state index is -0.813. The Hall–Kier alpha value is -4.45. The highest BCUT2D eigenvalue weighted by molar-refractivity contribution is 5.71. The van der Waals surface area contributed by atoms with Crippen LogP contribution in [0.1, 0.15) is 252 Å². The number of carbonyl (C=O) groups is 3. The van der Waals surface area contributed by atoms with E-state index in [0.717, 1.165) is 141 Å². The number of esters is 3. The third-order valence-electron chi connectivity index (χ3n) is 12.1. The Labute approximate surface area is 449 Å². The van der Waals surface area contributed by atoms with Crippen molar-refractivity contribution in [3.05, 3.63) is 134 Å². The monoisotopic (exact) mass is 1010 g/mol. The van der Waals surface area contributed by atoms with Gasteiger partial charge in [-0.3, -0.25) is 14.4 Å². The van der Waals surface area contributed by atoms with Gasteiger partial charge in [0.2, 0.25) is 0 Å². The second-order valence-electron chi connectivity index (χ2n) is 19.1. The highest BCUT2D eigenvalue weighted by atomic mass is 16.6. The molecular formula is C67H108O6. The lowest BCUT2D eigenvalue weighted by Crippen LogP contribution is -2.30. The summed E-state index contributed by atoms with van der Waals surface area (Å²) in [4.78, 5) is 38.2. The van der Waals surface area contributed by atoms with Crippen molar-refractivity contribution in [3.63, 3.8) is 0 Å². The van der Waals surface area contributed by atoms with Gasteiger partial charge in [-0.15, -0.1) is 0 Å². The highest BCUT2D eigenvalue weighted by Gasteiger charge is 2.19. The van der Waals surface area contributed by atoms with Crippen molar-refractivity contribution in [2.24, 2.45) is 0 Å². The molecule has 0 heterocycles. The Morgan fingerprint density at radius 1 is 0.288 bits per heavy atom. The van der Waals surface area contributed by atoms with Crippen LogP contribution in [0, 0.1) is 0 Å². The smallest absolute Gasteiger partial charge is 0.306 e. The summed E-state index contributed by atoms with van der Waals surface area (Å²) in [5.41, 5.74) is 0. The SMILES string of the molecule is CC/C=C\C/C=C\C/C=C\C/C=C\C/C=C\C/C=C\CCCCC(=O)OCC(COC(=O)CCCCCCC/C=C\CCCCCCCC)OC(=O)CCCCCCCC/C=C\C/C=C\C/C=C\C/C=C\CC. The fraction of sp³-hybridized carbons (Fsp3) is 0.627. The van der Waals surface area contributed by atoms with Crippen LogP contribution >= 0.6 is 0 Å². The first-order chi connectivity index (χ1) is 36.0. The minimum absolute atomic E-state index is 0.106. The molecule has 1 atom stereocenters. The van der Waals surface area contributed by atoms with Crippen LogP contribution in [0.15, 0.2) is 134 Å². The van der Waals surface area contributed by atoms with Gasteiger partial charge in [0.1, 0.15) is 13.2 Å². The number of allylic oxidation sites excluding steroid dienone is 22. The van der Waals surface area contributed by atoms with Gasteiger partial charge in [-0.05, 0) is 135 Å². The third kappa shape index (κ3) is 58.3. The minimum Gasteiger partial charge on any atom is -0.462 e. The Kier molecular flexibility index (Phi) is 56.4. The van der Waals surface area contributed by atoms with Crippen LogP contribution in [0.2, 0.25) is 0 Å². The van der Waals surface area contributed by atoms with Gasteiger partial charge in [-0.1, -0.05) is 231 Å². The molecular weight excluding hydrogens is 901 g/mol. The zero-order chi connectivity index (χ0) is 52.9. The summed E-state index contributed by atoms with van der Waals surface area (Å²) in [6.07, 6.45) is 84.4. The molecule has 1 unspecified atom stereocenters. The molecule has 6 nitrogen and oxygen atoms in total.